The topological polar surface area (TPSA) is 161 Å². The van der Waals surface area contributed by atoms with Gasteiger partial charge in [0.25, 0.3) is 0 Å². The van der Waals surface area contributed by atoms with Crippen LogP contribution in [0.1, 0.15) is 73.6 Å². The molecule has 0 saturated carbocycles. The van der Waals surface area contributed by atoms with Crippen molar-refractivity contribution in [1.29, 1.82) is 0 Å². The largest absolute Gasteiger partial charge is 0.393 e. The highest BCUT2D eigenvalue weighted by Gasteiger charge is 2.23. The van der Waals surface area contributed by atoms with Crippen molar-refractivity contribution in [2.75, 3.05) is 6.54 Å². The first-order valence-electron chi connectivity index (χ1n) is 14.0. The number of hydrogen-bond donors (Lipinski definition) is 5. The molecule has 0 aromatic rings. The van der Waals surface area contributed by atoms with Crippen LogP contribution in [0, 0.1) is 11.3 Å². The molecule has 0 fully saturated rings. The molecule has 0 aliphatic rings. The molecule has 1 amide bonds. The van der Waals surface area contributed by atoms with Crippen molar-refractivity contribution in [1.82, 2.24) is 5.32 Å². The Morgan fingerprint density at radius 2 is 1.46 bits per heavy atom. The van der Waals surface area contributed by atoms with E-state index in [0.29, 0.717) is 12.0 Å². The smallest absolute Gasteiger partial charge is 0.227 e. The SMILES string of the molecule is C/C(=C\C=C\CNC(=O)CC(=O)CC(O)C(C)[C@H](C)O)C(=O)CC(O)CC(O)C/C=C/C=C/C=C/C(=O)C(C)(C)C. The van der Waals surface area contributed by atoms with Crippen LogP contribution in [0.2, 0.25) is 0 Å². The van der Waals surface area contributed by atoms with Crippen LogP contribution in [0.15, 0.2) is 60.3 Å². The number of nitrogens with one attached hydrogen (secondary N) is 1. The molecule has 0 rings (SSSR count). The Kier molecular flexibility index (Phi) is 18.5. The van der Waals surface area contributed by atoms with Crippen LogP contribution < -0.4 is 5.32 Å². The van der Waals surface area contributed by atoms with E-state index in [0.717, 1.165) is 0 Å². The quantitative estimate of drug-likeness (QED) is 0.0892. The summed E-state index contributed by atoms with van der Waals surface area (Å²) in [6.07, 6.45) is 10.8. The predicted molar refractivity (Wildman–Crippen MR) is 160 cm³/mol. The van der Waals surface area contributed by atoms with Crippen LogP contribution in [-0.2, 0) is 19.2 Å². The molecule has 230 valence electrons. The maximum atomic E-state index is 12.3. The van der Waals surface area contributed by atoms with Gasteiger partial charge in [-0.1, -0.05) is 76.3 Å². The zero-order chi connectivity index (χ0) is 31.6. The molecule has 0 radical (unpaired) electrons. The third-order valence-corrected chi connectivity index (χ3v) is 6.33. The van der Waals surface area contributed by atoms with Crippen LogP contribution >= 0.6 is 0 Å². The van der Waals surface area contributed by atoms with Gasteiger partial charge in [0.15, 0.2) is 11.6 Å². The fourth-order valence-corrected chi connectivity index (χ4v) is 3.30. The van der Waals surface area contributed by atoms with Crippen LogP contribution in [0.4, 0.5) is 0 Å². The number of carbonyl (C=O) groups is 4. The van der Waals surface area contributed by atoms with Crippen molar-refractivity contribution in [3.05, 3.63) is 60.3 Å². The Balaban J connectivity index is 4.37. The minimum atomic E-state index is -1.02. The zero-order valence-corrected chi connectivity index (χ0v) is 25.2. The molecule has 9 nitrogen and oxygen atoms in total. The molecule has 0 aromatic heterocycles. The second-order valence-corrected chi connectivity index (χ2v) is 11.4. The second kappa shape index (κ2) is 20.0. The van der Waals surface area contributed by atoms with E-state index >= 15 is 0 Å². The van der Waals surface area contributed by atoms with Crippen LogP contribution in [0.25, 0.3) is 0 Å². The minimum absolute atomic E-state index is 0.0265. The fraction of sp³-hybridized carbons (Fsp3) is 0.562. The van der Waals surface area contributed by atoms with Crippen molar-refractivity contribution in [3.63, 3.8) is 0 Å². The average Bonchev–Trinajstić information content (AvgIpc) is 2.85. The predicted octanol–water partition coefficient (Wildman–Crippen LogP) is 3.08. The Labute approximate surface area is 244 Å². The normalized spacial score (nSPS) is 16.8. The third-order valence-electron chi connectivity index (χ3n) is 6.33. The summed E-state index contributed by atoms with van der Waals surface area (Å²) in [7, 11) is 0. The molecule has 5 atom stereocenters. The molecule has 0 saturated heterocycles. The van der Waals surface area contributed by atoms with Gasteiger partial charge in [0, 0.05) is 30.7 Å². The van der Waals surface area contributed by atoms with Gasteiger partial charge in [-0.2, -0.15) is 0 Å². The molecule has 0 bridgehead atoms. The number of aliphatic hydroxyl groups is 4. The van der Waals surface area contributed by atoms with E-state index in [9.17, 15) is 39.6 Å². The summed E-state index contributed by atoms with van der Waals surface area (Å²) in [5.74, 6) is -1.65. The second-order valence-electron chi connectivity index (χ2n) is 11.4. The first-order valence-corrected chi connectivity index (χ1v) is 14.0. The standard InChI is InChI=1S/C32H49NO8/c1-22(14-12-13-17-33-31(41)21-27(37)20-29(39)23(2)24(3)34)28(38)19-26(36)18-25(35)15-10-8-7-9-11-16-30(40)32(4,5)6/h7-14,16,23-26,29,34-36,39H,15,17-21H2,1-6H3,(H,33,41)/b9-7+,10-8+,13-12+,16-11+,22-14+/t23?,24-,25?,26?,29?/m0/s1. The number of rotatable bonds is 19. The number of ketones is 3. The summed E-state index contributed by atoms with van der Waals surface area (Å²) in [6.45, 7) is 10.4. The van der Waals surface area contributed by atoms with Gasteiger partial charge >= 0.3 is 0 Å². The number of hydrogen-bond acceptors (Lipinski definition) is 8. The number of Topliss-reactive ketones (excluding diaryl/α,β-unsaturated/α-hetero) is 2. The van der Waals surface area contributed by atoms with E-state index in [1.165, 1.54) is 13.0 Å². The van der Waals surface area contributed by atoms with Crippen molar-refractivity contribution < 1.29 is 39.6 Å². The molecular formula is C32H49NO8. The van der Waals surface area contributed by atoms with Crippen molar-refractivity contribution in [2.45, 2.75) is 98.1 Å². The fourth-order valence-electron chi connectivity index (χ4n) is 3.30. The summed E-state index contributed by atoms with van der Waals surface area (Å²) >= 11 is 0. The van der Waals surface area contributed by atoms with Gasteiger partial charge < -0.3 is 25.7 Å². The highest BCUT2D eigenvalue weighted by atomic mass is 16.3. The Morgan fingerprint density at radius 3 is 2.07 bits per heavy atom. The molecule has 0 heterocycles. The molecule has 0 aliphatic heterocycles. The Hall–Kier alpha value is -2.98. The molecule has 5 N–H and O–H groups in total. The van der Waals surface area contributed by atoms with Crippen molar-refractivity contribution >= 4 is 23.3 Å². The number of amides is 1. The maximum Gasteiger partial charge on any atom is 0.227 e. The van der Waals surface area contributed by atoms with Gasteiger partial charge in [0.05, 0.1) is 30.8 Å². The first kappa shape index (κ1) is 38.0. The molecule has 0 spiro atoms. The van der Waals surface area contributed by atoms with Gasteiger partial charge in [-0.3, -0.25) is 19.2 Å². The lowest BCUT2D eigenvalue weighted by atomic mass is 9.91. The maximum absolute atomic E-state index is 12.3. The highest BCUT2D eigenvalue weighted by molar-refractivity contribution is 5.98. The van der Waals surface area contributed by atoms with Gasteiger partial charge in [0.2, 0.25) is 5.91 Å². The van der Waals surface area contributed by atoms with Gasteiger partial charge in [-0.25, -0.2) is 0 Å². The highest BCUT2D eigenvalue weighted by Crippen LogP contribution is 2.15. The summed E-state index contributed by atoms with van der Waals surface area (Å²) in [4.78, 5) is 47.9. The van der Waals surface area contributed by atoms with Gasteiger partial charge in [0.1, 0.15) is 5.78 Å². The summed E-state index contributed by atoms with van der Waals surface area (Å²) in [5.41, 5.74) is -0.0199. The molecular weight excluding hydrogens is 526 g/mol. The van der Waals surface area contributed by atoms with Crippen LogP contribution in [0.3, 0.4) is 0 Å². The lowest BCUT2D eigenvalue weighted by molar-refractivity contribution is -0.129. The van der Waals surface area contributed by atoms with E-state index in [-0.39, 0.29) is 43.8 Å². The van der Waals surface area contributed by atoms with E-state index in [1.807, 2.05) is 20.8 Å². The van der Waals surface area contributed by atoms with Crippen molar-refractivity contribution in [2.24, 2.45) is 11.3 Å². The zero-order valence-electron chi connectivity index (χ0n) is 25.2. The lowest BCUT2D eigenvalue weighted by Gasteiger charge is -2.20. The monoisotopic (exact) mass is 575 g/mol. The van der Waals surface area contributed by atoms with Gasteiger partial charge in [-0.05, 0) is 38.3 Å². The molecule has 4 unspecified atom stereocenters. The summed E-state index contributed by atoms with van der Waals surface area (Å²) in [5, 5.41) is 42.2. The molecule has 9 heteroatoms. The molecule has 0 aliphatic carbocycles. The molecule has 41 heavy (non-hydrogen) atoms. The Bertz CT molecular complexity index is 998. The van der Waals surface area contributed by atoms with E-state index in [4.69, 9.17) is 0 Å². The summed E-state index contributed by atoms with van der Waals surface area (Å²) < 4.78 is 0. The van der Waals surface area contributed by atoms with Crippen LogP contribution in [-0.4, -0.2) is 74.6 Å². The molecule has 0 aromatic carbocycles. The minimum Gasteiger partial charge on any atom is -0.393 e. The summed E-state index contributed by atoms with van der Waals surface area (Å²) in [6, 6.07) is 0. The number of aliphatic hydroxyl groups excluding tert-OH is 4. The van der Waals surface area contributed by atoms with Crippen molar-refractivity contribution in [3.8, 4) is 0 Å². The van der Waals surface area contributed by atoms with E-state index in [2.05, 4.69) is 5.32 Å². The van der Waals surface area contributed by atoms with Crippen LogP contribution in [0.5, 0.6) is 0 Å². The van der Waals surface area contributed by atoms with E-state index in [1.54, 1.807) is 62.5 Å². The Morgan fingerprint density at radius 1 is 0.829 bits per heavy atom. The van der Waals surface area contributed by atoms with E-state index < -0.39 is 47.4 Å². The lowest BCUT2D eigenvalue weighted by Crippen LogP contribution is -2.31. The average molecular weight is 576 g/mol. The third kappa shape index (κ3) is 18.9. The number of carbonyl (C=O) groups excluding carboxylic acids is 4. The van der Waals surface area contributed by atoms with Gasteiger partial charge in [-0.15, -0.1) is 0 Å². The number of allylic oxidation sites excluding steroid dienone is 8. The first-order chi connectivity index (χ1) is 19.0.